The fraction of sp³-hybridized carbons (Fsp3) is 0.353. The zero-order valence-electron chi connectivity index (χ0n) is 13.0. The molecule has 1 aromatic heterocycles. The van der Waals surface area contributed by atoms with Gasteiger partial charge in [-0.05, 0) is 25.0 Å². The molecule has 0 aliphatic heterocycles. The summed E-state index contributed by atoms with van der Waals surface area (Å²) in [5.74, 6) is 1.09. The van der Waals surface area contributed by atoms with E-state index in [4.69, 9.17) is 18.6 Å². The van der Waals surface area contributed by atoms with Crippen LogP contribution in [0.1, 0.15) is 19.8 Å². The Hall–Kier alpha value is -2.43. The van der Waals surface area contributed by atoms with E-state index in [1.807, 2.05) is 6.08 Å². The molecule has 0 bridgehead atoms. The van der Waals surface area contributed by atoms with Crippen LogP contribution in [0.3, 0.4) is 0 Å². The molecule has 5 nitrogen and oxygen atoms in total. The summed E-state index contributed by atoms with van der Waals surface area (Å²) < 4.78 is 21.3. The van der Waals surface area contributed by atoms with Crippen molar-refractivity contribution in [3.05, 3.63) is 40.8 Å². The second-order valence-electron chi connectivity index (χ2n) is 4.63. The first kappa shape index (κ1) is 15.9. The van der Waals surface area contributed by atoms with E-state index in [0.29, 0.717) is 29.1 Å². The highest BCUT2D eigenvalue weighted by Crippen LogP contribution is 2.34. The van der Waals surface area contributed by atoms with Crippen LogP contribution in [0, 0.1) is 0 Å². The Bertz CT molecular complexity index is 715. The Kier molecular flexibility index (Phi) is 5.47. The molecule has 0 unspecified atom stereocenters. The smallest absolute Gasteiger partial charge is 0.383 e. The fourth-order valence-electron chi connectivity index (χ4n) is 2.10. The molecule has 2 aromatic rings. The lowest BCUT2D eigenvalue weighted by Crippen LogP contribution is -2.08. The van der Waals surface area contributed by atoms with E-state index in [9.17, 15) is 4.79 Å². The van der Waals surface area contributed by atoms with E-state index in [0.717, 1.165) is 12.8 Å². The largest absolute Gasteiger partial charge is 0.497 e. The van der Waals surface area contributed by atoms with Crippen LogP contribution >= 0.6 is 0 Å². The normalized spacial score (nSPS) is 11.0. The van der Waals surface area contributed by atoms with E-state index < -0.39 is 5.63 Å². The van der Waals surface area contributed by atoms with Crippen LogP contribution in [0.5, 0.6) is 17.2 Å². The summed E-state index contributed by atoms with van der Waals surface area (Å²) in [5, 5.41) is 0.678. The Morgan fingerprint density at radius 3 is 2.64 bits per heavy atom. The number of allylic oxidation sites excluding steroid dienone is 1. The van der Waals surface area contributed by atoms with Crippen molar-refractivity contribution in [2.45, 2.75) is 19.8 Å². The van der Waals surface area contributed by atoms with Crippen LogP contribution in [-0.4, -0.2) is 20.8 Å². The zero-order valence-corrected chi connectivity index (χ0v) is 13.0. The molecule has 0 spiro atoms. The summed E-state index contributed by atoms with van der Waals surface area (Å²) in [4.78, 5) is 12.0. The molecule has 0 saturated heterocycles. The molecule has 0 fully saturated rings. The minimum atomic E-state index is -0.567. The van der Waals surface area contributed by atoms with Crippen LogP contribution in [0.2, 0.25) is 0 Å². The van der Waals surface area contributed by atoms with Crippen LogP contribution in [0.25, 0.3) is 11.0 Å². The van der Waals surface area contributed by atoms with Crippen molar-refractivity contribution in [3.63, 3.8) is 0 Å². The highest BCUT2D eigenvalue weighted by molar-refractivity contribution is 5.86. The van der Waals surface area contributed by atoms with Gasteiger partial charge < -0.3 is 18.6 Å². The lowest BCUT2D eigenvalue weighted by atomic mass is 10.2. The molecule has 22 heavy (non-hydrogen) atoms. The summed E-state index contributed by atoms with van der Waals surface area (Å²) in [6, 6.07) is 5.22. The second-order valence-corrected chi connectivity index (χ2v) is 4.63. The summed E-state index contributed by atoms with van der Waals surface area (Å²) in [6.45, 7) is 2.53. The first-order valence-electron chi connectivity index (χ1n) is 7.17. The van der Waals surface area contributed by atoms with Gasteiger partial charge in [-0.25, -0.2) is 4.79 Å². The second kappa shape index (κ2) is 7.54. The Morgan fingerprint density at radius 1 is 1.14 bits per heavy atom. The van der Waals surface area contributed by atoms with Crippen molar-refractivity contribution >= 4 is 11.0 Å². The lowest BCUT2D eigenvalue weighted by molar-refractivity contribution is 0.294. The van der Waals surface area contributed by atoms with Crippen molar-refractivity contribution in [1.82, 2.24) is 0 Å². The van der Waals surface area contributed by atoms with E-state index in [-0.39, 0.29) is 5.75 Å². The average molecular weight is 304 g/mol. The monoisotopic (exact) mass is 304 g/mol. The molecule has 0 saturated carbocycles. The van der Waals surface area contributed by atoms with Crippen molar-refractivity contribution in [2.24, 2.45) is 0 Å². The predicted molar refractivity (Wildman–Crippen MR) is 85.1 cm³/mol. The minimum Gasteiger partial charge on any atom is -0.497 e. The van der Waals surface area contributed by atoms with Gasteiger partial charge in [-0.1, -0.05) is 19.1 Å². The number of hydrogen-bond acceptors (Lipinski definition) is 5. The SMILES string of the molecule is CCC=CCCOc1c(OC)c(=O)oc2cc(OC)ccc12. The topological polar surface area (TPSA) is 57.9 Å². The van der Waals surface area contributed by atoms with Gasteiger partial charge in [-0.3, -0.25) is 0 Å². The number of ether oxygens (including phenoxy) is 3. The highest BCUT2D eigenvalue weighted by atomic mass is 16.5. The summed E-state index contributed by atoms with van der Waals surface area (Å²) in [6.07, 6.45) is 5.86. The molecule has 118 valence electrons. The molecule has 0 amide bonds. The number of hydrogen-bond donors (Lipinski definition) is 0. The van der Waals surface area contributed by atoms with Crippen molar-refractivity contribution < 1.29 is 18.6 Å². The fourth-order valence-corrected chi connectivity index (χ4v) is 2.10. The molecule has 0 aliphatic rings. The average Bonchev–Trinajstić information content (AvgIpc) is 2.53. The van der Waals surface area contributed by atoms with Gasteiger partial charge in [-0.15, -0.1) is 0 Å². The third kappa shape index (κ3) is 3.42. The predicted octanol–water partition coefficient (Wildman–Crippen LogP) is 3.55. The molecular formula is C17H20O5. The molecule has 0 N–H and O–H groups in total. The van der Waals surface area contributed by atoms with Crippen LogP contribution < -0.4 is 19.8 Å². The van der Waals surface area contributed by atoms with E-state index in [1.165, 1.54) is 7.11 Å². The van der Waals surface area contributed by atoms with E-state index in [2.05, 4.69) is 13.0 Å². The summed E-state index contributed by atoms with van der Waals surface area (Å²) in [5.41, 5.74) is -0.161. The third-order valence-electron chi connectivity index (χ3n) is 3.17. The maximum atomic E-state index is 12.0. The van der Waals surface area contributed by atoms with Gasteiger partial charge in [0.15, 0.2) is 5.75 Å². The maximum Gasteiger partial charge on any atom is 0.383 e. The van der Waals surface area contributed by atoms with Crippen molar-refractivity contribution in [1.29, 1.82) is 0 Å². The molecule has 0 radical (unpaired) electrons. The van der Waals surface area contributed by atoms with Crippen molar-refractivity contribution in [3.8, 4) is 17.2 Å². The molecule has 1 heterocycles. The van der Waals surface area contributed by atoms with Gasteiger partial charge >= 0.3 is 5.63 Å². The number of benzene rings is 1. The van der Waals surface area contributed by atoms with Crippen LogP contribution in [0.4, 0.5) is 0 Å². The Labute approximate surface area is 129 Å². The maximum absolute atomic E-state index is 12.0. The van der Waals surface area contributed by atoms with Crippen LogP contribution in [0.15, 0.2) is 39.6 Å². The highest BCUT2D eigenvalue weighted by Gasteiger charge is 2.17. The van der Waals surface area contributed by atoms with Crippen molar-refractivity contribution in [2.75, 3.05) is 20.8 Å². The van der Waals surface area contributed by atoms with Gasteiger partial charge in [0.1, 0.15) is 11.3 Å². The van der Waals surface area contributed by atoms with E-state index in [1.54, 1.807) is 25.3 Å². The molecule has 0 aliphatic carbocycles. The molecule has 1 aromatic carbocycles. The van der Waals surface area contributed by atoms with Gasteiger partial charge in [0.05, 0.1) is 26.2 Å². The number of methoxy groups -OCH3 is 2. The first-order chi connectivity index (χ1) is 10.7. The zero-order chi connectivity index (χ0) is 15.9. The van der Waals surface area contributed by atoms with Gasteiger partial charge in [0.2, 0.25) is 5.75 Å². The van der Waals surface area contributed by atoms with E-state index >= 15 is 0 Å². The Balaban J connectivity index is 2.39. The quantitative estimate of drug-likeness (QED) is 0.445. The van der Waals surface area contributed by atoms with Crippen LogP contribution in [-0.2, 0) is 0 Å². The lowest BCUT2D eigenvalue weighted by Gasteiger charge is -2.12. The van der Waals surface area contributed by atoms with Gasteiger partial charge in [-0.2, -0.15) is 0 Å². The Morgan fingerprint density at radius 2 is 1.95 bits per heavy atom. The molecular weight excluding hydrogens is 284 g/mol. The molecule has 0 atom stereocenters. The first-order valence-corrected chi connectivity index (χ1v) is 7.17. The summed E-state index contributed by atoms with van der Waals surface area (Å²) >= 11 is 0. The molecule has 5 heteroatoms. The molecule has 2 rings (SSSR count). The summed E-state index contributed by atoms with van der Waals surface area (Å²) in [7, 11) is 2.98. The minimum absolute atomic E-state index is 0.0807. The number of rotatable bonds is 7. The third-order valence-corrected chi connectivity index (χ3v) is 3.17. The van der Waals surface area contributed by atoms with Gasteiger partial charge in [0, 0.05) is 6.07 Å². The standard InChI is InChI=1S/C17H20O5/c1-4-5-6-7-10-21-15-13-9-8-12(19-2)11-14(13)22-17(18)16(15)20-3/h5-6,8-9,11H,4,7,10H2,1-3H3. The number of fused-ring (bicyclic) bond motifs is 1. The van der Waals surface area contributed by atoms with Gasteiger partial charge in [0.25, 0.3) is 0 Å².